The van der Waals surface area contributed by atoms with E-state index in [0.29, 0.717) is 38.8 Å². The molecule has 2 fully saturated rings. The molecule has 4 heterocycles. The molecule has 23 heteroatoms. The van der Waals surface area contributed by atoms with Crippen molar-refractivity contribution in [1.29, 1.82) is 0 Å². The van der Waals surface area contributed by atoms with Crippen LogP contribution < -0.4 is 32.1 Å². The Morgan fingerprint density at radius 3 is 1.38 bits per heavy atom. The lowest BCUT2D eigenvalue weighted by molar-refractivity contribution is -0.157. The van der Waals surface area contributed by atoms with Gasteiger partial charge in [-0.25, -0.2) is 20.4 Å². The summed E-state index contributed by atoms with van der Waals surface area (Å²) in [6.45, 7) is 32.2. The smallest absolute Gasteiger partial charge is 0.408 e. The van der Waals surface area contributed by atoms with Gasteiger partial charge in [-0.05, 0) is 165 Å². The lowest BCUT2D eigenvalue weighted by atomic mass is 10.0. The van der Waals surface area contributed by atoms with Gasteiger partial charge in [-0.2, -0.15) is 0 Å². The van der Waals surface area contributed by atoms with Crippen molar-refractivity contribution >= 4 is 81.5 Å². The first-order valence-corrected chi connectivity index (χ1v) is 28.6. The van der Waals surface area contributed by atoms with E-state index < -0.39 is 107 Å². The van der Waals surface area contributed by atoms with E-state index in [1.54, 1.807) is 108 Å². The summed E-state index contributed by atoms with van der Waals surface area (Å²) in [5.41, 5.74) is 7.56. The Balaban J connectivity index is 0.000000376. The maximum atomic E-state index is 13.2. The number of aliphatic hydroxyl groups is 1. The molecule has 0 bridgehead atoms. The summed E-state index contributed by atoms with van der Waals surface area (Å²) in [4.78, 5) is 108. The maximum absolute atomic E-state index is 13.2. The van der Waals surface area contributed by atoms with Gasteiger partial charge in [0.05, 0.1) is 17.5 Å². The monoisotopic (exact) mass is 1200 g/mol. The quantitative estimate of drug-likeness (QED) is 0.0365. The van der Waals surface area contributed by atoms with Crippen LogP contribution in [-0.2, 0) is 43.0 Å². The number of amides is 6. The molecule has 0 spiro atoms. The van der Waals surface area contributed by atoms with Crippen molar-refractivity contribution in [2.45, 2.75) is 190 Å². The molecule has 0 radical (unpaired) electrons. The fraction of sp³-hybridized carbons (Fsp3) is 0.524. The molecular weight excluding hydrogens is 1100 g/mol. The second kappa shape index (κ2) is 32.5. The molecule has 8 N–H and O–H groups in total. The molecule has 0 saturated carbocycles. The molecular formula is C63H92N10O13. The normalized spacial score (nSPS) is 17.2. The third-order valence-electron chi connectivity index (χ3n) is 13.4. The van der Waals surface area contributed by atoms with Crippen LogP contribution in [0.1, 0.15) is 165 Å². The van der Waals surface area contributed by atoms with E-state index in [-0.39, 0.29) is 19.3 Å². The molecule has 23 nitrogen and oxygen atoms in total. The van der Waals surface area contributed by atoms with Gasteiger partial charge in [0.2, 0.25) is 11.8 Å². The highest BCUT2D eigenvalue weighted by molar-refractivity contribution is 5.93. The van der Waals surface area contributed by atoms with Crippen LogP contribution in [0.15, 0.2) is 74.1 Å². The van der Waals surface area contributed by atoms with E-state index in [1.807, 2.05) is 54.7 Å². The second-order valence-corrected chi connectivity index (χ2v) is 23.8. The molecule has 4 aromatic rings. The van der Waals surface area contributed by atoms with Crippen LogP contribution in [0.2, 0.25) is 0 Å². The van der Waals surface area contributed by atoms with Gasteiger partial charge in [-0.3, -0.25) is 48.8 Å². The Hall–Kier alpha value is -8.02. The number of pyridine rings is 2. The number of esters is 1. The number of rotatable bonds is 17. The summed E-state index contributed by atoms with van der Waals surface area (Å²) in [6, 6.07) is 10.4. The second-order valence-electron chi connectivity index (χ2n) is 23.8. The number of benzene rings is 2. The minimum atomic E-state index is -1.03. The summed E-state index contributed by atoms with van der Waals surface area (Å²) in [6.07, 6.45) is 6.64. The highest BCUT2D eigenvalue weighted by Gasteiger charge is 2.36. The maximum Gasteiger partial charge on any atom is 0.408 e. The third kappa shape index (κ3) is 22.4. The predicted octanol–water partition coefficient (Wildman–Crippen LogP) is 8.22. The molecule has 2 aliphatic rings. The minimum absolute atomic E-state index is 0. The molecule has 0 aliphatic carbocycles. The van der Waals surface area contributed by atoms with Gasteiger partial charge in [0.1, 0.15) is 53.6 Å². The number of hydrogen-bond donors (Lipinski definition) is 8. The fourth-order valence-corrected chi connectivity index (χ4v) is 8.79. The molecule has 0 unspecified atom stereocenters. The molecule has 6 rings (SSSR count). The van der Waals surface area contributed by atoms with Gasteiger partial charge >= 0.3 is 24.1 Å². The van der Waals surface area contributed by atoms with Gasteiger partial charge in [-0.15, -0.1) is 0 Å². The topological polar surface area (TPSA) is 309 Å². The van der Waals surface area contributed by atoms with Crippen molar-refractivity contribution < 1.29 is 62.8 Å². The summed E-state index contributed by atoms with van der Waals surface area (Å²) < 4.78 is 16.2. The lowest BCUT2D eigenvalue weighted by Crippen LogP contribution is -2.61. The number of ether oxygens (including phenoxy) is 3. The summed E-state index contributed by atoms with van der Waals surface area (Å²) in [5, 5.41) is 35.6. The zero-order valence-electron chi connectivity index (χ0n) is 51.5. The van der Waals surface area contributed by atoms with Gasteiger partial charge < -0.3 is 45.7 Å². The molecule has 2 aromatic carbocycles. The number of nitrogens with zero attached hydrogens (tertiary/aromatic N) is 4. The molecule has 8 atom stereocenters. The van der Waals surface area contributed by atoms with Crippen LogP contribution in [0.3, 0.4) is 0 Å². The fourth-order valence-electron chi connectivity index (χ4n) is 8.79. The Morgan fingerprint density at radius 1 is 0.605 bits per heavy atom. The van der Waals surface area contributed by atoms with Gasteiger partial charge in [0, 0.05) is 36.3 Å². The Bertz CT molecular complexity index is 3030. The summed E-state index contributed by atoms with van der Waals surface area (Å²) in [7, 11) is 0. The molecule has 2 aromatic heterocycles. The van der Waals surface area contributed by atoms with Crippen LogP contribution in [0.4, 0.5) is 9.59 Å². The standard InChI is InChI=1S/C31H43N5O6.C18H32N4O6.C13H13NO.CH4/c1-9-24-16-23-15-21(12-13-22(23)17-32-24)20(5)41-29(39)25-11-10-14-36(35-25)28(38)19(4)33-27(37)26(18(2)3)34-30(40)42-31(6,7)8;1-10(2)13(20-17(27)28-18(4,5)6)14(23)19-11(3)15(24)22-9-7-8-12(21-22)16(25)26;1-3-13-7-12-6-10(9(2)15)4-5-11(12)8-14-13;/h9,12-13,15-20,25-26,35H,1,10-11,14H2,2-8H3,(H,33,37)(H,34,40);10-13,21H,7-9H2,1-6H3,(H,19,23)(H,20,27)(H,25,26);3-9,15H,1H2,2H3;1H4/t19-,20+,25-,26-;11-,12-,13-;9-;/m001./s1. The summed E-state index contributed by atoms with van der Waals surface area (Å²) in [5.74, 6) is -3.88. The lowest BCUT2D eigenvalue weighted by Gasteiger charge is -2.35. The Morgan fingerprint density at radius 2 is 1.00 bits per heavy atom. The van der Waals surface area contributed by atoms with Crippen LogP contribution >= 0.6 is 0 Å². The van der Waals surface area contributed by atoms with E-state index in [4.69, 9.17) is 19.3 Å². The van der Waals surface area contributed by atoms with Crippen molar-refractivity contribution in [3.8, 4) is 0 Å². The zero-order chi connectivity index (χ0) is 63.7. The van der Waals surface area contributed by atoms with Gasteiger partial charge in [0.15, 0.2) is 0 Å². The van der Waals surface area contributed by atoms with Gasteiger partial charge in [-0.1, -0.05) is 72.5 Å². The van der Waals surface area contributed by atoms with Crippen LogP contribution in [0, 0.1) is 11.8 Å². The van der Waals surface area contributed by atoms with Crippen molar-refractivity contribution in [2.75, 3.05) is 13.1 Å². The van der Waals surface area contributed by atoms with E-state index >= 15 is 0 Å². The number of alkyl carbamates (subject to hydrolysis) is 2. The number of nitrogens with one attached hydrogen (secondary N) is 6. The highest BCUT2D eigenvalue weighted by atomic mass is 16.6. The number of carbonyl (C=O) groups is 8. The predicted molar refractivity (Wildman–Crippen MR) is 330 cm³/mol. The molecule has 2 saturated heterocycles. The largest absolute Gasteiger partial charge is 0.480 e. The summed E-state index contributed by atoms with van der Waals surface area (Å²) >= 11 is 0. The van der Waals surface area contributed by atoms with E-state index in [9.17, 15) is 43.5 Å². The van der Waals surface area contributed by atoms with E-state index in [0.717, 1.165) is 44.1 Å². The average molecular weight is 1200 g/mol. The zero-order valence-corrected chi connectivity index (χ0v) is 51.5. The number of aromatic nitrogens is 2. The number of fused-ring (bicyclic) bond motifs is 2. The molecule has 86 heavy (non-hydrogen) atoms. The van der Waals surface area contributed by atoms with Crippen molar-refractivity contribution in [2.24, 2.45) is 11.8 Å². The number of hydrazine groups is 2. The molecule has 6 amide bonds. The van der Waals surface area contributed by atoms with Crippen molar-refractivity contribution in [3.05, 3.63) is 96.6 Å². The third-order valence-corrected chi connectivity index (χ3v) is 13.4. The van der Waals surface area contributed by atoms with Crippen molar-refractivity contribution in [1.82, 2.24) is 52.1 Å². The van der Waals surface area contributed by atoms with E-state index in [2.05, 4.69) is 55.2 Å². The minimum Gasteiger partial charge on any atom is -0.480 e. The number of carboxylic acid groups (broad SMARTS) is 1. The Kier molecular flexibility index (Phi) is 27.3. The Labute approximate surface area is 505 Å². The molecule has 472 valence electrons. The number of aliphatic hydroxyl groups excluding tert-OH is 1. The van der Waals surface area contributed by atoms with E-state index in [1.165, 1.54) is 16.9 Å². The number of carbonyl (C=O) groups excluding carboxylic acids is 7. The first-order chi connectivity index (χ1) is 39.7. The SMILES string of the molecule is C.C=Cc1cc2cc([C@@H](C)O)ccc2cn1.C=Cc1cc2cc([C@@H](C)OC(=O)[C@@H]3CCCN(C(=O)[C@H](C)NC(=O)[C@@H](NC(=O)OC(C)(C)C)C(C)C)N3)ccc2cn1.CC(C)[C@H](NC(=O)OC(C)(C)C)C(=O)N[C@@H](C)C(=O)N1CCC[C@@H](C(=O)O)N1. The first kappa shape index (κ1) is 72.2. The number of hydrogen-bond acceptors (Lipinski definition) is 16. The molecule has 2 aliphatic heterocycles. The highest BCUT2D eigenvalue weighted by Crippen LogP contribution is 2.25. The van der Waals surface area contributed by atoms with Crippen LogP contribution in [0.5, 0.6) is 0 Å². The van der Waals surface area contributed by atoms with Crippen LogP contribution in [0.25, 0.3) is 33.7 Å². The number of carboxylic acids is 1. The van der Waals surface area contributed by atoms with Crippen LogP contribution in [-0.4, -0.2) is 138 Å². The number of aliphatic carboxylic acids is 1. The first-order valence-electron chi connectivity index (χ1n) is 28.6. The van der Waals surface area contributed by atoms with Crippen molar-refractivity contribution in [3.63, 3.8) is 0 Å². The average Bonchev–Trinajstić information content (AvgIpc) is 2.39. The van der Waals surface area contributed by atoms with Gasteiger partial charge in [0.25, 0.3) is 11.8 Å².